The van der Waals surface area contributed by atoms with E-state index in [0.717, 1.165) is 11.2 Å². The van der Waals surface area contributed by atoms with E-state index < -0.39 is 0 Å². The van der Waals surface area contributed by atoms with Gasteiger partial charge in [0.1, 0.15) is 0 Å². The first-order valence-electron chi connectivity index (χ1n) is 6.73. The van der Waals surface area contributed by atoms with Crippen LogP contribution in [-0.2, 0) is 0 Å². The Labute approximate surface area is 127 Å². The molecular formula is C19H14OS. The number of benzene rings is 3. The molecule has 3 aromatic carbocycles. The number of carbonyl (C=O) groups excluding carboxylic acids is 1. The minimum absolute atomic E-state index is 0.792. The summed E-state index contributed by atoms with van der Waals surface area (Å²) in [6, 6.07) is 25.1. The van der Waals surface area contributed by atoms with Crippen LogP contribution in [-0.4, -0.2) is 6.29 Å². The molecule has 1 nitrogen and oxygen atoms in total. The molecule has 0 atom stereocenters. The van der Waals surface area contributed by atoms with E-state index in [0.29, 0.717) is 0 Å². The zero-order valence-electron chi connectivity index (χ0n) is 11.4. The Morgan fingerprint density at radius 3 is 1.43 bits per heavy atom. The van der Waals surface area contributed by atoms with Crippen molar-refractivity contribution >= 4 is 39.2 Å². The Morgan fingerprint density at radius 1 is 0.667 bits per heavy atom. The van der Waals surface area contributed by atoms with Crippen molar-refractivity contribution < 1.29 is 4.79 Å². The average molecular weight is 290 g/mol. The molecule has 0 amide bonds. The van der Waals surface area contributed by atoms with Crippen LogP contribution in [0.4, 0.5) is 0 Å². The second-order valence-electron chi connectivity index (χ2n) is 4.68. The number of rotatable bonds is 1. The first-order valence-corrected chi connectivity index (χ1v) is 7.61. The summed E-state index contributed by atoms with van der Waals surface area (Å²) in [6.07, 6.45) is 0.852. The van der Waals surface area contributed by atoms with Crippen LogP contribution in [0.3, 0.4) is 0 Å². The maximum absolute atomic E-state index is 9.88. The lowest BCUT2D eigenvalue weighted by atomic mass is 10.0. The number of fused-ring (bicyclic) bond motifs is 2. The molecule has 0 saturated carbocycles. The van der Waals surface area contributed by atoms with Gasteiger partial charge in [-0.3, -0.25) is 4.79 Å². The zero-order chi connectivity index (χ0) is 14.5. The van der Waals surface area contributed by atoms with Crippen LogP contribution in [0.25, 0.3) is 21.5 Å². The molecule has 4 aromatic rings. The molecule has 0 radical (unpaired) electrons. The zero-order valence-corrected chi connectivity index (χ0v) is 12.2. The van der Waals surface area contributed by atoms with Gasteiger partial charge in [-0.2, -0.15) is 0 Å². The van der Waals surface area contributed by atoms with E-state index in [1.165, 1.54) is 32.9 Å². The standard InChI is InChI=1S/C14H10.C5H4OS/c1-2-6-12-10-14-8-4-3-7-13(14)9-11(12)5-1;6-4-5-2-1-3-7-5/h1-10H;1-4H. The van der Waals surface area contributed by atoms with Crippen molar-refractivity contribution in [3.63, 3.8) is 0 Å². The summed E-state index contributed by atoms with van der Waals surface area (Å²) < 4.78 is 0. The second-order valence-corrected chi connectivity index (χ2v) is 5.66. The normalized spacial score (nSPS) is 10.1. The van der Waals surface area contributed by atoms with E-state index in [1.54, 1.807) is 6.07 Å². The third-order valence-electron chi connectivity index (χ3n) is 3.27. The highest BCUT2D eigenvalue weighted by atomic mass is 32.1. The molecule has 0 aliphatic rings. The average Bonchev–Trinajstić information content (AvgIpc) is 3.07. The van der Waals surface area contributed by atoms with Crippen molar-refractivity contribution in [3.8, 4) is 0 Å². The predicted octanol–water partition coefficient (Wildman–Crippen LogP) is 5.55. The molecular weight excluding hydrogens is 276 g/mol. The van der Waals surface area contributed by atoms with Gasteiger partial charge in [0.15, 0.2) is 6.29 Å². The van der Waals surface area contributed by atoms with Gasteiger partial charge >= 0.3 is 0 Å². The predicted molar refractivity (Wildman–Crippen MR) is 91.2 cm³/mol. The van der Waals surface area contributed by atoms with E-state index >= 15 is 0 Å². The molecule has 1 heterocycles. The van der Waals surface area contributed by atoms with Gasteiger partial charge in [0.2, 0.25) is 0 Å². The molecule has 2 heteroatoms. The van der Waals surface area contributed by atoms with Gasteiger partial charge in [0.25, 0.3) is 0 Å². The number of carbonyl (C=O) groups is 1. The summed E-state index contributed by atoms with van der Waals surface area (Å²) in [5.74, 6) is 0. The maximum atomic E-state index is 9.88. The molecule has 0 unspecified atom stereocenters. The van der Waals surface area contributed by atoms with Crippen molar-refractivity contribution in [3.05, 3.63) is 83.1 Å². The smallest absolute Gasteiger partial charge is 0.159 e. The SMILES string of the molecule is O=Cc1cccs1.c1ccc2cc3ccccc3cc2c1. The van der Waals surface area contributed by atoms with Crippen LogP contribution in [0, 0.1) is 0 Å². The molecule has 0 aliphatic carbocycles. The molecule has 0 aliphatic heterocycles. The van der Waals surface area contributed by atoms with Crippen molar-refractivity contribution in [1.82, 2.24) is 0 Å². The fraction of sp³-hybridized carbons (Fsp3) is 0. The van der Waals surface area contributed by atoms with Crippen molar-refractivity contribution in [2.24, 2.45) is 0 Å². The number of aldehydes is 1. The van der Waals surface area contributed by atoms with Crippen molar-refractivity contribution in [1.29, 1.82) is 0 Å². The fourth-order valence-electron chi connectivity index (χ4n) is 2.24. The molecule has 1 aromatic heterocycles. The highest BCUT2D eigenvalue weighted by molar-refractivity contribution is 7.11. The van der Waals surface area contributed by atoms with Gasteiger partial charge < -0.3 is 0 Å². The highest BCUT2D eigenvalue weighted by Gasteiger charge is 1.95. The van der Waals surface area contributed by atoms with Crippen LogP contribution >= 0.6 is 11.3 Å². The second kappa shape index (κ2) is 6.33. The fourth-order valence-corrected chi connectivity index (χ4v) is 2.77. The van der Waals surface area contributed by atoms with Crippen LogP contribution in [0.15, 0.2) is 78.2 Å². The van der Waals surface area contributed by atoms with Gasteiger partial charge in [-0.05, 0) is 45.1 Å². The molecule has 0 saturated heterocycles. The Balaban J connectivity index is 0.000000160. The van der Waals surface area contributed by atoms with E-state index in [-0.39, 0.29) is 0 Å². The first kappa shape index (κ1) is 13.5. The molecule has 0 fully saturated rings. The topological polar surface area (TPSA) is 17.1 Å². The Bertz CT molecular complexity index is 758. The van der Waals surface area contributed by atoms with Gasteiger partial charge in [-0.15, -0.1) is 11.3 Å². The molecule has 0 spiro atoms. The third kappa shape index (κ3) is 3.18. The third-order valence-corrected chi connectivity index (χ3v) is 4.07. The molecule has 0 bridgehead atoms. The molecule has 21 heavy (non-hydrogen) atoms. The minimum Gasteiger partial charge on any atom is -0.297 e. The van der Waals surface area contributed by atoms with E-state index in [2.05, 4.69) is 60.7 Å². The van der Waals surface area contributed by atoms with Crippen LogP contribution in [0.1, 0.15) is 9.67 Å². The Kier molecular flexibility index (Phi) is 4.08. The lowest BCUT2D eigenvalue weighted by molar-refractivity contribution is 0.112. The van der Waals surface area contributed by atoms with Crippen LogP contribution in [0.5, 0.6) is 0 Å². The first-order chi connectivity index (χ1) is 10.4. The van der Waals surface area contributed by atoms with Crippen molar-refractivity contribution in [2.75, 3.05) is 0 Å². The van der Waals surface area contributed by atoms with Gasteiger partial charge in [-0.25, -0.2) is 0 Å². The number of thiophene rings is 1. The van der Waals surface area contributed by atoms with E-state index in [1.807, 2.05) is 11.4 Å². The summed E-state index contributed by atoms with van der Waals surface area (Å²) in [7, 11) is 0. The summed E-state index contributed by atoms with van der Waals surface area (Å²) >= 11 is 1.45. The summed E-state index contributed by atoms with van der Waals surface area (Å²) in [4.78, 5) is 10.7. The quantitative estimate of drug-likeness (QED) is 0.331. The number of hydrogen-bond acceptors (Lipinski definition) is 2. The van der Waals surface area contributed by atoms with Crippen LogP contribution < -0.4 is 0 Å². The molecule has 4 rings (SSSR count). The van der Waals surface area contributed by atoms with Gasteiger partial charge in [-0.1, -0.05) is 54.6 Å². The van der Waals surface area contributed by atoms with E-state index in [9.17, 15) is 4.79 Å². The van der Waals surface area contributed by atoms with Gasteiger partial charge in [0, 0.05) is 0 Å². The Morgan fingerprint density at radius 2 is 1.14 bits per heavy atom. The lowest BCUT2D eigenvalue weighted by Crippen LogP contribution is -1.74. The van der Waals surface area contributed by atoms with Crippen molar-refractivity contribution in [2.45, 2.75) is 0 Å². The number of hydrogen-bond donors (Lipinski definition) is 0. The Hall–Kier alpha value is -2.45. The summed E-state index contributed by atoms with van der Waals surface area (Å²) in [5, 5.41) is 7.12. The minimum atomic E-state index is 0.792. The van der Waals surface area contributed by atoms with E-state index in [4.69, 9.17) is 0 Å². The van der Waals surface area contributed by atoms with Gasteiger partial charge in [0.05, 0.1) is 4.88 Å². The summed E-state index contributed by atoms with van der Waals surface area (Å²) in [6.45, 7) is 0. The largest absolute Gasteiger partial charge is 0.297 e. The maximum Gasteiger partial charge on any atom is 0.159 e. The molecule has 0 N–H and O–H groups in total. The lowest BCUT2D eigenvalue weighted by Gasteiger charge is -2.00. The monoisotopic (exact) mass is 290 g/mol. The molecule has 102 valence electrons. The summed E-state index contributed by atoms with van der Waals surface area (Å²) in [5.41, 5.74) is 0. The van der Waals surface area contributed by atoms with Crippen LogP contribution in [0.2, 0.25) is 0 Å². The highest BCUT2D eigenvalue weighted by Crippen LogP contribution is 2.21.